The molecule has 3 aliphatic carbocycles. The van der Waals surface area contributed by atoms with Crippen LogP contribution in [0.4, 0.5) is 0 Å². The molecule has 1 saturated heterocycles. The van der Waals surface area contributed by atoms with Gasteiger partial charge >= 0.3 is 0 Å². The average molecular weight is 336 g/mol. The maximum absolute atomic E-state index is 10.5. The van der Waals surface area contributed by atoms with Crippen LogP contribution in [0, 0.1) is 5.92 Å². The monoisotopic (exact) mass is 336 g/mol. The van der Waals surface area contributed by atoms with Crippen LogP contribution in [0.15, 0.2) is 35.4 Å². The zero-order valence-electron chi connectivity index (χ0n) is 15.1. The molecule has 0 aromatic heterocycles. The molecule has 0 amide bonds. The second kappa shape index (κ2) is 4.32. The number of hydrogen-bond donors (Lipinski definition) is 1. The zero-order valence-corrected chi connectivity index (χ0v) is 15.1. The van der Waals surface area contributed by atoms with Crippen LogP contribution in [-0.4, -0.2) is 41.9 Å². The highest BCUT2D eigenvalue weighted by atomic mass is 16.5. The van der Waals surface area contributed by atoms with Crippen molar-refractivity contribution >= 4 is 0 Å². The van der Waals surface area contributed by atoms with Gasteiger partial charge in [-0.25, -0.2) is 0 Å². The van der Waals surface area contributed by atoms with Crippen LogP contribution in [0.25, 0.3) is 0 Å². The quantitative estimate of drug-likeness (QED) is 0.838. The van der Waals surface area contributed by atoms with Crippen molar-refractivity contribution in [3.05, 3.63) is 46.6 Å². The number of likely N-dealkylation sites (tertiary alicyclic amines) is 1. The molecule has 4 atom stereocenters. The summed E-state index contributed by atoms with van der Waals surface area (Å²) in [5.41, 5.74) is 5.57. The van der Waals surface area contributed by atoms with Gasteiger partial charge in [-0.05, 0) is 37.0 Å². The summed E-state index contributed by atoms with van der Waals surface area (Å²) < 4.78 is 7.61. The lowest BCUT2D eigenvalue weighted by Gasteiger charge is -2.57. The predicted molar refractivity (Wildman–Crippen MR) is 96.8 cm³/mol. The molecule has 5 aliphatic rings. The van der Waals surface area contributed by atoms with Crippen LogP contribution in [0.1, 0.15) is 37.3 Å². The zero-order chi connectivity index (χ0) is 17.0. The first-order chi connectivity index (χ1) is 12.0. The lowest BCUT2D eigenvalue weighted by atomic mass is 9.56. The topological polar surface area (TPSA) is 29.5 Å². The molecule has 2 unspecified atom stereocenters. The highest BCUT2D eigenvalue weighted by Crippen LogP contribution is 2.63. The molecule has 1 N–H and O–H groups in total. The molecule has 1 saturated carbocycles. The van der Waals surface area contributed by atoms with E-state index >= 15 is 0 Å². The van der Waals surface area contributed by atoms with Crippen molar-refractivity contribution in [3.63, 3.8) is 0 Å². The highest BCUT2D eigenvalue weighted by molar-refractivity contribution is 5.67. The molecule has 2 aliphatic heterocycles. The molecule has 130 valence electrons. The molecule has 3 heteroatoms. The Morgan fingerprint density at radius 3 is 2.92 bits per heavy atom. The highest BCUT2D eigenvalue weighted by Gasteiger charge is 2.64. The summed E-state index contributed by atoms with van der Waals surface area (Å²) in [6, 6.07) is 4.57. The normalized spacial score (nSPS) is 40.1. The number of quaternary nitrogens is 1. The summed E-state index contributed by atoms with van der Waals surface area (Å²) in [4.78, 5) is 0. The van der Waals surface area contributed by atoms with E-state index < -0.39 is 0 Å². The number of nitrogens with zero attached hydrogens (tertiary/aromatic N) is 1. The van der Waals surface area contributed by atoms with Crippen LogP contribution >= 0.6 is 0 Å². The summed E-state index contributed by atoms with van der Waals surface area (Å²) >= 11 is 0. The smallest absolute Gasteiger partial charge is 0.166 e. The number of benzene rings is 1. The molecular weight excluding hydrogens is 310 g/mol. The van der Waals surface area contributed by atoms with Crippen molar-refractivity contribution in [3.8, 4) is 11.5 Å². The Hall–Kier alpha value is -1.74. The van der Waals surface area contributed by atoms with Gasteiger partial charge in [-0.1, -0.05) is 18.2 Å². The molecule has 1 aromatic carbocycles. The second-order valence-electron chi connectivity index (χ2n) is 9.25. The van der Waals surface area contributed by atoms with Crippen molar-refractivity contribution in [2.75, 3.05) is 20.1 Å². The summed E-state index contributed by atoms with van der Waals surface area (Å²) in [5, 5.41) is 10.5. The maximum Gasteiger partial charge on any atom is 0.166 e. The minimum atomic E-state index is -0.0214. The number of aromatic hydroxyl groups is 1. The molecule has 0 radical (unpaired) electrons. The average Bonchev–Trinajstić information content (AvgIpc) is 3.32. The Balaban J connectivity index is 1.60. The van der Waals surface area contributed by atoms with Crippen molar-refractivity contribution in [1.82, 2.24) is 0 Å². The van der Waals surface area contributed by atoms with Gasteiger partial charge in [0, 0.05) is 29.9 Å². The lowest BCUT2D eigenvalue weighted by molar-refractivity contribution is -0.935. The van der Waals surface area contributed by atoms with Crippen molar-refractivity contribution in [2.24, 2.45) is 5.92 Å². The standard InChI is InChI=1S/C22H25NO2/c1-13-3-7-16-17-11-15-6-8-18(24)20-19(15)22(16,21(13)25-20)9-10-23(17,2)12-14-4-5-14/h3,6-8,14,17,21H,4-5,9-12H2,1-2H3/p+1/t17?,21-,22-,23?/m0/s1. The molecule has 1 spiro atoms. The fraction of sp³-hybridized carbons (Fsp3) is 0.545. The molecule has 2 heterocycles. The van der Waals surface area contributed by atoms with Crippen LogP contribution in [-0.2, 0) is 11.8 Å². The first kappa shape index (κ1) is 14.4. The van der Waals surface area contributed by atoms with Gasteiger partial charge < -0.3 is 14.3 Å². The van der Waals surface area contributed by atoms with Crippen LogP contribution in [0.5, 0.6) is 11.5 Å². The Kier molecular flexibility index (Phi) is 2.49. The third-order valence-corrected chi connectivity index (χ3v) is 7.72. The first-order valence-electron chi connectivity index (χ1n) is 9.78. The van der Waals surface area contributed by atoms with Gasteiger partial charge in [0.15, 0.2) is 11.5 Å². The van der Waals surface area contributed by atoms with Crippen molar-refractivity contribution in [1.29, 1.82) is 0 Å². The fourth-order valence-electron chi connectivity index (χ4n) is 6.35. The van der Waals surface area contributed by atoms with E-state index in [-0.39, 0.29) is 11.5 Å². The van der Waals surface area contributed by atoms with Gasteiger partial charge in [0.25, 0.3) is 0 Å². The summed E-state index contributed by atoms with van der Waals surface area (Å²) in [6.07, 6.45) is 9.82. The largest absolute Gasteiger partial charge is 0.504 e. The van der Waals surface area contributed by atoms with E-state index in [1.807, 2.05) is 6.07 Å². The van der Waals surface area contributed by atoms with Crippen molar-refractivity contribution < 1.29 is 14.3 Å². The molecule has 3 nitrogen and oxygen atoms in total. The number of phenolic OH excluding ortho intramolecular Hbond substituents is 1. The van der Waals surface area contributed by atoms with E-state index in [0.717, 1.165) is 24.5 Å². The lowest BCUT2D eigenvalue weighted by Crippen LogP contribution is -2.67. The van der Waals surface area contributed by atoms with Gasteiger partial charge in [0.1, 0.15) is 12.1 Å². The third-order valence-electron chi connectivity index (χ3n) is 7.72. The van der Waals surface area contributed by atoms with Crippen LogP contribution in [0.3, 0.4) is 0 Å². The fourth-order valence-corrected chi connectivity index (χ4v) is 6.35. The number of piperidine rings is 1. The number of phenols is 1. The number of ether oxygens (including phenoxy) is 1. The van der Waals surface area contributed by atoms with E-state index in [2.05, 4.69) is 32.2 Å². The van der Waals surface area contributed by atoms with Gasteiger partial charge in [0.2, 0.25) is 0 Å². The van der Waals surface area contributed by atoms with Gasteiger partial charge in [-0.3, -0.25) is 0 Å². The maximum atomic E-state index is 10.5. The van der Waals surface area contributed by atoms with Gasteiger partial charge in [-0.2, -0.15) is 0 Å². The van der Waals surface area contributed by atoms with E-state index in [4.69, 9.17) is 4.74 Å². The molecular formula is C22H26NO2+. The molecule has 6 rings (SSSR count). The Bertz CT molecular complexity index is 865. The number of hydrogen-bond acceptors (Lipinski definition) is 2. The summed E-state index contributed by atoms with van der Waals surface area (Å²) in [5.74, 6) is 2.02. The summed E-state index contributed by atoms with van der Waals surface area (Å²) in [6.45, 7) is 4.73. The molecule has 25 heavy (non-hydrogen) atoms. The predicted octanol–water partition coefficient (Wildman–Crippen LogP) is 3.46. The van der Waals surface area contributed by atoms with Crippen LogP contribution < -0.4 is 4.74 Å². The SMILES string of the molecule is CC1=CC=C2C3Cc4ccc(O)c5c4[C@@]2(CC[N+]3(C)CC2CC2)[C@H]1O5. The Morgan fingerprint density at radius 2 is 2.12 bits per heavy atom. The van der Waals surface area contributed by atoms with Crippen molar-refractivity contribution in [2.45, 2.75) is 50.2 Å². The van der Waals surface area contributed by atoms with E-state index in [1.165, 1.54) is 47.1 Å². The van der Waals surface area contributed by atoms with E-state index in [0.29, 0.717) is 11.8 Å². The number of likely N-dealkylation sites (N-methyl/N-ethyl adjacent to an activating group) is 1. The van der Waals surface area contributed by atoms with E-state index in [9.17, 15) is 5.11 Å². The summed E-state index contributed by atoms with van der Waals surface area (Å²) in [7, 11) is 2.49. The van der Waals surface area contributed by atoms with Gasteiger partial charge in [0.05, 0.1) is 25.6 Å². The van der Waals surface area contributed by atoms with E-state index in [1.54, 1.807) is 5.57 Å². The van der Waals surface area contributed by atoms with Gasteiger partial charge in [-0.15, -0.1) is 0 Å². The molecule has 2 fully saturated rings. The second-order valence-corrected chi connectivity index (χ2v) is 9.25. The number of rotatable bonds is 2. The number of allylic oxidation sites excluding steroid dienone is 2. The Morgan fingerprint density at radius 1 is 1.28 bits per heavy atom. The van der Waals surface area contributed by atoms with Crippen LogP contribution in [0.2, 0.25) is 0 Å². The molecule has 1 aromatic rings. The Labute approximate surface area is 149 Å². The third kappa shape index (κ3) is 1.61. The minimum Gasteiger partial charge on any atom is -0.504 e. The first-order valence-corrected chi connectivity index (χ1v) is 9.78. The molecule has 2 bridgehead atoms. The minimum absolute atomic E-state index is 0.0214.